The predicted molar refractivity (Wildman–Crippen MR) is 124 cm³/mol. The summed E-state index contributed by atoms with van der Waals surface area (Å²) in [6, 6.07) is 3.49. The molecule has 0 aliphatic carbocycles. The van der Waals surface area contributed by atoms with Crippen molar-refractivity contribution in [2.45, 2.75) is 32.5 Å². The maximum Gasteiger partial charge on any atom is 0.419 e. The molecule has 3 N–H and O–H groups in total. The van der Waals surface area contributed by atoms with Gasteiger partial charge >= 0.3 is 6.18 Å². The third kappa shape index (κ3) is 3.83. The maximum absolute atomic E-state index is 15.5. The van der Waals surface area contributed by atoms with Gasteiger partial charge in [0.05, 0.1) is 34.2 Å². The van der Waals surface area contributed by atoms with E-state index in [0.717, 1.165) is 35.6 Å². The zero-order valence-corrected chi connectivity index (χ0v) is 19.7. The highest BCUT2D eigenvalue weighted by Gasteiger charge is 2.46. The van der Waals surface area contributed by atoms with Gasteiger partial charge in [-0.1, -0.05) is 0 Å². The Morgan fingerprint density at radius 2 is 1.77 bits per heavy atom. The molecule has 0 saturated carbocycles. The van der Waals surface area contributed by atoms with Crippen molar-refractivity contribution in [1.82, 2.24) is 3.97 Å². The lowest BCUT2D eigenvalue weighted by Crippen LogP contribution is -2.55. The molecule has 0 unspecified atom stereocenters. The number of alkyl halides is 3. The lowest BCUT2D eigenvalue weighted by molar-refractivity contribution is -0.136. The van der Waals surface area contributed by atoms with E-state index in [4.69, 9.17) is 10.8 Å². The highest BCUT2D eigenvalue weighted by Crippen LogP contribution is 2.51. The van der Waals surface area contributed by atoms with Crippen molar-refractivity contribution in [3.63, 3.8) is 0 Å². The Labute approximate surface area is 197 Å². The van der Waals surface area contributed by atoms with Gasteiger partial charge in [0.2, 0.25) is 10.0 Å². The summed E-state index contributed by atoms with van der Waals surface area (Å²) in [7, 11) is -3.95. The van der Waals surface area contributed by atoms with Crippen molar-refractivity contribution in [2.75, 3.05) is 16.5 Å². The molecule has 7 nitrogen and oxygen atoms in total. The molecule has 1 aromatic heterocycles. The van der Waals surface area contributed by atoms with Crippen molar-refractivity contribution in [3.8, 4) is 11.1 Å². The zero-order chi connectivity index (χ0) is 26.2. The van der Waals surface area contributed by atoms with E-state index >= 15 is 4.39 Å². The van der Waals surface area contributed by atoms with E-state index in [1.807, 2.05) is 0 Å². The standard InChI is InChI=1S/C22H20F5N5O2S/c1-10(28)32-19-15(30-21(2,3)20(32)29)9-14(24)17(18(19)22(25,26)27)13-7-11(23)8-16-12(13)5-6-31(16)35(4,33)34/h5-9,28-30H,1-4H3. The first-order chi connectivity index (χ1) is 15.9. The largest absolute Gasteiger partial charge is 0.419 e. The summed E-state index contributed by atoms with van der Waals surface area (Å²) in [6.07, 6.45) is -3.32. The summed E-state index contributed by atoms with van der Waals surface area (Å²) < 4.78 is 98.8. The Kier molecular flexibility index (Phi) is 5.28. The van der Waals surface area contributed by atoms with Crippen LogP contribution >= 0.6 is 0 Å². The number of amidine groups is 2. The number of aromatic nitrogens is 1. The van der Waals surface area contributed by atoms with Crippen LogP contribution in [0.2, 0.25) is 0 Å². The number of hydrogen-bond donors (Lipinski definition) is 3. The van der Waals surface area contributed by atoms with Crippen LogP contribution in [0.3, 0.4) is 0 Å². The second-order valence-corrected chi connectivity index (χ2v) is 10.6. The van der Waals surface area contributed by atoms with Gasteiger partial charge in [0.25, 0.3) is 0 Å². The van der Waals surface area contributed by atoms with Gasteiger partial charge in [-0.2, -0.15) is 13.2 Å². The minimum Gasteiger partial charge on any atom is -0.371 e. The van der Waals surface area contributed by atoms with Gasteiger partial charge in [-0.05, 0) is 50.6 Å². The fourth-order valence-corrected chi connectivity index (χ4v) is 5.10. The van der Waals surface area contributed by atoms with Crippen LogP contribution < -0.4 is 10.2 Å². The molecule has 0 radical (unpaired) electrons. The molecule has 0 bridgehead atoms. The van der Waals surface area contributed by atoms with Crippen LogP contribution in [0.4, 0.5) is 33.3 Å². The SMILES string of the molecule is CC(=N)N1C(=N)C(C)(C)Nc2cc(F)c(-c3cc(F)cc4c3ccn4S(C)(=O)=O)c(C(F)(F)F)c21. The monoisotopic (exact) mass is 513 g/mol. The smallest absolute Gasteiger partial charge is 0.371 e. The van der Waals surface area contributed by atoms with Crippen LogP contribution in [0.5, 0.6) is 0 Å². The van der Waals surface area contributed by atoms with Gasteiger partial charge < -0.3 is 5.32 Å². The van der Waals surface area contributed by atoms with E-state index in [1.165, 1.54) is 20.8 Å². The molecule has 2 heterocycles. The summed E-state index contributed by atoms with van der Waals surface area (Å²) in [6.45, 7) is 4.18. The maximum atomic E-state index is 15.5. The Morgan fingerprint density at radius 1 is 1.14 bits per heavy atom. The molecule has 1 aliphatic rings. The second-order valence-electron chi connectivity index (χ2n) is 8.78. The van der Waals surface area contributed by atoms with Gasteiger partial charge in [0, 0.05) is 17.1 Å². The molecule has 35 heavy (non-hydrogen) atoms. The summed E-state index contributed by atoms with van der Waals surface area (Å²) in [5.41, 5.74) is -5.53. The fraction of sp³-hybridized carbons (Fsp3) is 0.273. The summed E-state index contributed by atoms with van der Waals surface area (Å²) >= 11 is 0. The minimum absolute atomic E-state index is 0.126. The number of hydrogen-bond acceptors (Lipinski definition) is 5. The van der Waals surface area contributed by atoms with Crippen LogP contribution in [-0.4, -0.2) is 35.9 Å². The average Bonchev–Trinajstić information content (AvgIpc) is 3.10. The Hall–Kier alpha value is -3.48. The van der Waals surface area contributed by atoms with Gasteiger partial charge in [0.15, 0.2) is 0 Å². The molecule has 0 atom stereocenters. The second kappa shape index (κ2) is 7.51. The van der Waals surface area contributed by atoms with Crippen LogP contribution in [0.1, 0.15) is 26.3 Å². The van der Waals surface area contributed by atoms with Crippen LogP contribution in [0, 0.1) is 22.5 Å². The van der Waals surface area contributed by atoms with Gasteiger partial charge in [-0.25, -0.2) is 21.2 Å². The molecular weight excluding hydrogens is 493 g/mol. The number of fused-ring (bicyclic) bond motifs is 2. The Balaban J connectivity index is 2.20. The first-order valence-electron chi connectivity index (χ1n) is 10.1. The van der Waals surface area contributed by atoms with Gasteiger partial charge in [0.1, 0.15) is 23.3 Å². The predicted octanol–water partition coefficient (Wildman–Crippen LogP) is 5.40. The molecule has 0 fully saturated rings. The highest BCUT2D eigenvalue weighted by atomic mass is 32.2. The number of anilines is 2. The molecule has 186 valence electrons. The lowest BCUT2D eigenvalue weighted by Gasteiger charge is -2.43. The third-order valence-corrected chi connectivity index (χ3v) is 6.75. The highest BCUT2D eigenvalue weighted by molar-refractivity contribution is 7.89. The number of halogens is 5. The average molecular weight is 513 g/mol. The summed E-state index contributed by atoms with van der Waals surface area (Å²) in [5.74, 6) is -3.21. The lowest BCUT2D eigenvalue weighted by atomic mass is 9.89. The van der Waals surface area contributed by atoms with E-state index in [0.29, 0.717) is 10.0 Å². The van der Waals surface area contributed by atoms with Crippen molar-refractivity contribution in [1.29, 1.82) is 10.8 Å². The first-order valence-corrected chi connectivity index (χ1v) is 12.0. The molecule has 4 rings (SSSR count). The molecule has 3 aromatic rings. The van der Waals surface area contributed by atoms with E-state index in [9.17, 15) is 26.0 Å². The molecule has 13 heteroatoms. The van der Waals surface area contributed by atoms with Gasteiger partial charge in [-0.15, -0.1) is 0 Å². The van der Waals surface area contributed by atoms with Crippen molar-refractivity contribution in [2.24, 2.45) is 0 Å². The van der Waals surface area contributed by atoms with E-state index in [2.05, 4.69) is 5.32 Å². The van der Waals surface area contributed by atoms with E-state index in [1.54, 1.807) is 0 Å². The molecule has 0 spiro atoms. The number of nitrogens with zero attached hydrogens (tertiary/aromatic N) is 2. The van der Waals surface area contributed by atoms with Crippen molar-refractivity contribution < 1.29 is 30.4 Å². The molecule has 0 saturated heterocycles. The Morgan fingerprint density at radius 3 is 2.31 bits per heavy atom. The molecular formula is C22H20F5N5O2S. The molecule has 0 amide bonds. The normalized spacial score (nSPS) is 15.8. The number of benzene rings is 2. The Bertz CT molecular complexity index is 1540. The van der Waals surface area contributed by atoms with E-state index in [-0.39, 0.29) is 22.4 Å². The third-order valence-electron chi connectivity index (χ3n) is 5.72. The van der Waals surface area contributed by atoms with Crippen LogP contribution in [0.15, 0.2) is 30.5 Å². The van der Waals surface area contributed by atoms with Crippen LogP contribution in [-0.2, 0) is 16.2 Å². The van der Waals surface area contributed by atoms with Crippen LogP contribution in [0.25, 0.3) is 22.0 Å². The molecule has 2 aromatic carbocycles. The quantitative estimate of drug-likeness (QED) is 0.243. The number of rotatable bonds is 2. The minimum atomic E-state index is -5.20. The van der Waals surface area contributed by atoms with Crippen molar-refractivity contribution >= 4 is 44.0 Å². The summed E-state index contributed by atoms with van der Waals surface area (Å²) in [5, 5.41) is 19.1. The number of nitrogens with one attached hydrogen (secondary N) is 3. The summed E-state index contributed by atoms with van der Waals surface area (Å²) in [4.78, 5) is 0.760. The molecule has 1 aliphatic heterocycles. The fourth-order valence-electron chi connectivity index (χ4n) is 4.31. The van der Waals surface area contributed by atoms with Gasteiger partial charge in [-0.3, -0.25) is 15.7 Å². The first kappa shape index (κ1) is 24.6. The van der Waals surface area contributed by atoms with E-state index < -0.39 is 61.6 Å². The topological polar surface area (TPSA) is 102 Å². The van der Waals surface area contributed by atoms with Crippen molar-refractivity contribution in [3.05, 3.63) is 47.7 Å². The zero-order valence-electron chi connectivity index (χ0n) is 18.9.